The van der Waals surface area contributed by atoms with E-state index in [1.165, 1.54) is 24.4 Å². The van der Waals surface area contributed by atoms with Gasteiger partial charge in [0.05, 0.1) is 21.2 Å². The zero-order chi connectivity index (χ0) is 15.6. The number of carboxylic acids is 1. The number of aromatic nitrogens is 1. The van der Waals surface area contributed by atoms with Crippen LogP contribution in [0.5, 0.6) is 0 Å². The maximum atomic E-state index is 12.1. The molecule has 0 unspecified atom stereocenters. The van der Waals surface area contributed by atoms with Gasteiger partial charge in [-0.3, -0.25) is 9.52 Å². The maximum absolute atomic E-state index is 12.1. The molecule has 9 heteroatoms. The van der Waals surface area contributed by atoms with Crippen LogP contribution in [-0.2, 0) is 10.0 Å². The maximum Gasteiger partial charge on any atom is 0.337 e. The van der Waals surface area contributed by atoms with Crippen molar-refractivity contribution in [2.45, 2.75) is 4.90 Å². The molecule has 0 saturated heterocycles. The van der Waals surface area contributed by atoms with Gasteiger partial charge in [-0.2, -0.15) is 0 Å². The van der Waals surface area contributed by atoms with Crippen molar-refractivity contribution in [1.29, 1.82) is 0 Å². The number of hydrogen-bond donors (Lipinski definition) is 3. The standard InChI is InChI=1S/C12H9ClN2O5S/c13-10-3-2-8(5-9(10)12(17)18)21(19,20)15-7-1-4-11(16)14-6-7/h1-6,15H,(H,14,16)(H,17,18). The molecule has 0 spiro atoms. The lowest BCUT2D eigenvalue weighted by Crippen LogP contribution is -2.15. The number of rotatable bonds is 4. The molecule has 2 rings (SSSR count). The quantitative estimate of drug-likeness (QED) is 0.787. The van der Waals surface area contributed by atoms with Gasteiger partial charge in [-0.1, -0.05) is 11.6 Å². The third-order valence-corrected chi connectivity index (χ3v) is 4.22. The minimum absolute atomic E-state index is 0.0644. The molecule has 1 aromatic carbocycles. The second-order valence-corrected chi connectivity index (χ2v) is 6.08. The van der Waals surface area contributed by atoms with E-state index in [-0.39, 0.29) is 26.7 Å². The van der Waals surface area contributed by atoms with Crippen molar-refractivity contribution in [2.75, 3.05) is 4.72 Å². The van der Waals surface area contributed by atoms with Gasteiger partial charge in [-0.15, -0.1) is 0 Å². The Bertz CT molecular complexity index is 840. The fraction of sp³-hybridized carbons (Fsp3) is 0. The van der Waals surface area contributed by atoms with E-state index in [0.717, 1.165) is 12.1 Å². The van der Waals surface area contributed by atoms with Crippen molar-refractivity contribution < 1.29 is 18.3 Å². The van der Waals surface area contributed by atoms with Crippen molar-refractivity contribution in [2.24, 2.45) is 0 Å². The van der Waals surface area contributed by atoms with Gasteiger partial charge in [0.2, 0.25) is 5.56 Å². The van der Waals surface area contributed by atoms with E-state index in [1.54, 1.807) is 0 Å². The summed E-state index contributed by atoms with van der Waals surface area (Å²) in [6, 6.07) is 5.76. The van der Waals surface area contributed by atoms with Crippen LogP contribution in [0.25, 0.3) is 0 Å². The van der Waals surface area contributed by atoms with Crippen LogP contribution >= 0.6 is 11.6 Å². The summed E-state index contributed by atoms with van der Waals surface area (Å²) >= 11 is 5.68. The average molecular weight is 329 g/mol. The Morgan fingerprint density at radius 1 is 1.24 bits per heavy atom. The van der Waals surface area contributed by atoms with Crippen LogP contribution in [0.15, 0.2) is 46.2 Å². The van der Waals surface area contributed by atoms with Gasteiger partial charge in [0.25, 0.3) is 10.0 Å². The average Bonchev–Trinajstić information content (AvgIpc) is 2.41. The zero-order valence-electron chi connectivity index (χ0n) is 10.3. The first-order valence-corrected chi connectivity index (χ1v) is 7.40. The van der Waals surface area contributed by atoms with Crippen molar-refractivity contribution in [1.82, 2.24) is 4.98 Å². The second-order valence-electron chi connectivity index (χ2n) is 3.99. The molecule has 0 aliphatic heterocycles. The summed E-state index contributed by atoms with van der Waals surface area (Å²) in [5, 5.41) is 8.87. The molecule has 110 valence electrons. The molecular formula is C12H9ClN2O5S. The SMILES string of the molecule is O=C(O)c1cc(S(=O)(=O)Nc2ccc(=O)[nH]c2)ccc1Cl. The van der Waals surface area contributed by atoms with Crippen LogP contribution in [0.4, 0.5) is 5.69 Å². The number of sulfonamides is 1. The van der Waals surface area contributed by atoms with E-state index in [1.807, 2.05) is 0 Å². The van der Waals surface area contributed by atoms with E-state index in [2.05, 4.69) is 9.71 Å². The summed E-state index contributed by atoms with van der Waals surface area (Å²) in [6.07, 6.45) is 1.19. The molecular weight excluding hydrogens is 320 g/mol. The summed E-state index contributed by atoms with van der Waals surface area (Å²) in [6.45, 7) is 0. The van der Waals surface area contributed by atoms with Crippen LogP contribution in [0.1, 0.15) is 10.4 Å². The van der Waals surface area contributed by atoms with E-state index in [9.17, 15) is 18.0 Å². The number of benzene rings is 1. The number of aromatic amines is 1. The van der Waals surface area contributed by atoms with Gasteiger partial charge >= 0.3 is 5.97 Å². The van der Waals surface area contributed by atoms with E-state index in [4.69, 9.17) is 16.7 Å². The summed E-state index contributed by atoms with van der Waals surface area (Å²) in [7, 11) is -3.99. The number of anilines is 1. The first-order valence-electron chi connectivity index (χ1n) is 5.54. The second kappa shape index (κ2) is 5.58. The smallest absolute Gasteiger partial charge is 0.337 e. The van der Waals surface area contributed by atoms with Gasteiger partial charge < -0.3 is 10.1 Å². The summed E-state index contributed by atoms with van der Waals surface area (Å²) in [5.74, 6) is -1.33. The van der Waals surface area contributed by atoms with Crippen molar-refractivity contribution >= 4 is 33.3 Å². The fourth-order valence-corrected chi connectivity index (χ4v) is 2.80. The Kier molecular flexibility index (Phi) is 4.01. The number of pyridine rings is 1. The highest BCUT2D eigenvalue weighted by Crippen LogP contribution is 2.22. The molecule has 0 aliphatic carbocycles. The number of carboxylic acid groups (broad SMARTS) is 1. The third kappa shape index (κ3) is 3.41. The van der Waals surface area contributed by atoms with Crippen LogP contribution < -0.4 is 10.3 Å². The summed E-state index contributed by atoms with van der Waals surface area (Å²) in [4.78, 5) is 23.9. The van der Waals surface area contributed by atoms with Crippen molar-refractivity contribution in [3.8, 4) is 0 Å². The molecule has 0 atom stereocenters. The highest BCUT2D eigenvalue weighted by atomic mass is 35.5. The molecule has 0 fully saturated rings. The van der Waals surface area contributed by atoms with Crippen LogP contribution in [0, 0.1) is 0 Å². The van der Waals surface area contributed by atoms with Crippen molar-refractivity contribution in [3.63, 3.8) is 0 Å². The first kappa shape index (κ1) is 15.1. The topological polar surface area (TPSA) is 116 Å². The molecule has 0 aliphatic rings. The number of halogens is 1. The van der Waals surface area contributed by atoms with Gasteiger partial charge in [-0.05, 0) is 24.3 Å². The first-order chi connectivity index (χ1) is 9.79. The zero-order valence-corrected chi connectivity index (χ0v) is 11.9. The molecule has 2 aromatic rings. The third-order valence-electron chi connectivity index (χ3n) is 2.51. The number of H-pyrrole nitrogens is 1. The predicted octanol–water partition coefficient (Wildman–Crippen LogP) is 1.53. The minimum atomic E-state index is -3.99. The highest BCUT2D eigenvalue weighted by molar-refractivity contribution is 7.92. The normalized spacial score (nSPS) is 11.1. The van der Waals surface area contributed by atoms with Gasteiger partial charge in [0, 0.05) is 12.3 Å². The van der Waals surface area contributed by atoms with E-state index < -0.39 is 16.0 Å². The molecule has 0 saturated carbocycles. The molecule has 0 radical (unpaired) electrons. The van der Waals surface area contributed by atoms with E-state index >= 15 is 0 Å². The Morgan fingerprint density at radius 2 is 1.95 bits per heavy atom. The van der Waals surface area contributed by atoms with Gasteiger partial charge in [0.1, 0.15) is 0 Å². The van der Waals surface area contributed by atoms with Crippen molar-refractivity contribution in [3.05, 3.63) is 57.5 Å². The minimum Gasteiger partial charge on any atom is -0.478 e. The van der Waals surface area contributed by atoms with Gasteiger partial charge in [-0.25, -0.2) is 13.2 Å². The van der Waals surface area contributed by atoms with Crippen LogP contribution in [0.2, 0.25) is 5.02 Å². The monoisotopic (exact) mass is 328 g/mol. The molecule has 0 amide bonds. The summed E-state index contributed by atoms with van der Waals surface area (Å²) in [5.41, 5.74) is -0.556. The molecule has 0 bridgehead atoms. The number of nitrogens with one attached hydrogen (secondary N) is 2. The highest BCUT2D eigenvalue weighted by Gasteiger charge is 2.18. The number of aromatic carboxylic acids is 1. The molecule has 7 nitrogen and oxygen atoms in total. The molecule has 21 heavy (non-hydrogen) atoms. The molecule has 1 aromatic heterocycles. The van der Waals surface area contributed by atoms with Crippen LogP contribution in [-0.4, -0.2) is 24.5 Å². The van der Waals surface area contributed by atoms with Crippen LogP contribution in [0.3, 0.4) is 0 Å². The molecule has 3 N–H and O–H groups in total. The summed E-state index contributed by atoms with van der Waals surface area (Å²) < 4.78 is 26.5. The lowest BCUT2D eigenvalue weighted by atomic mass is 10.2. The fourth-order valence-electron chi connectivity index (χ4n) is 1.52. The Hall–Kier alpha value is -2.32. The molecule has 1 heterocycles. The largest absolute Gasteiger partial charge is 0.478 e. The van der Waals surface area contributed by atoms with E-state index in [0.29, 0.717) is 0 Å². The number of carbonyl (C=O) groups is 1. The lowest BCUT2D eigenvalue weighted by Gasteiger charge is -2.09. The predicted molar refractivity (Wildman–Crippen MR) is 76.3 cm³/mol. The lowest BCUT2D eigenvalue weighted by molar-refractivity contribution is 0.0697. The Labute approximate surface area is 124 Å². The Balaban J connectivity index is 2.40. The number of hydrogen-bond acceptors (Lipinski definition) is 4. The van der Waals surface area contributed by atoms with Gasteiger partial charge in [0.15, 0.2) is 0 Å². The Morgan fingerprint density at radius 3 is 2.52 bits per heavy atom.